The normalized spacial score (nSPS) is 15.8. The van der Waals surface area contributed by atoms with Crippen molar-refractivity contribution in [1.29, 1.82) is 0 Å². The molecule has 31 heavy (non-hydrogen) atoms. The second-order valence-electron chi connectivity index (χ2n) is 7.91. The van der Waals surface area contributed by atoms with Gasteiger partial charge in [-0.15, -0.1) is 0 Å². The van der Waals surface area contributed by atoms with Crippen LogP contribution in [-0.4, -0.2) is 46.8 Å². The highest BCUT2D eigenvalue weighted by atomic mass is 32.2. The smallest absolute Gasteiger partial charge is 0.326 e. The third-order valence-corrected chi connectivity index (χ3v) is 6.05. The third-order valence-electron chi connectivity index (χ3n) is 4.99. The highest BCUT2D eigenvalue weighted by Gasteiger charge is 2.24. The van der Waals surface area contributed by atoms with E-state index in [0.717, 1.165) is 5.56 Å². The Morgan fingerprint density at radius 3 is 2.35 bits per heavy atom. The molecular weight excluding hydrogens is 428 g/mol. The molecule has 0 aromatic heterocycles. The van der Waals surface area contributed by atoms with E-state index in [1.54, 1.807) is 11.8 Å². The van der Waals surface area contributed by atoms with E-state index in [1.807, 2.05) is 54.8 Å². The van der Waals surface area contributed by atoms with Crippen molar-refractivity contribution in [2.75, 3.05) is 17.8 Å². The van der Waals surface area contributed by atoms with Crippen LogP contribution in [-0.2, 0) is 16.0 Å². The zero-order chi connectivity index (χ0) is 23.2. The van der Waals surface area contributed by atoms with Crippen LogP contribution in [0.3, 0.4) is 0 Å². The summed E-state index contributed by atoms with van der Waals surface area (Å²) in [6.07, 6.45) is 10.7. The molecule has 0 aliphatic rings. The second-order valence-corrected chi connectivity index (χ2v) is 9.27. The van der Waals surface area contributed by atoms with E-state index in [1.165, 1.54) is 0 Å². The number of thioether (sulfide) groups is 1. The Labute approximate surface area is 196 Å². The Morgan fingerprint density at radius 2 is 1.81 bits per heavy atom. The number of amides is 1. The van der Waals surface area contributed by atoms with Crippen LogP contribution >= 0.6 is 24.4 Å². The lowest BCUT2D eigenvalue weighted by atomic mass is 9.91. The van der Waals surface area contributed by atoms with Crippen LogP contribution in [0, 0.1) is 17.8 Å². The van der Waals surface area contributed by atoms with Crippen molar-refractivity contribution >= 4 is 36.3 Å². The van der Waals surface area contributed by atoms with Gasteiger partial charge in [-0.3, -0.25) is 4.79 Å². The zero-order valence-electron chi connectivity index (χ0n) is 18.6. The molecule has 0 saturated carbocycles. The zero-order valence-corrected chi connectivity index (χ0v) is 20.3. The molecule has 5 nitrogen and oxygen atoms in total. The number of aliphatic carboxylic acids is 1. The molecule has 1 amide bonds. The van der Waals surface area contributed by atoms with Crippen molar-refractivity contribution in [3.05, 3.63) is 60.2 Å². The Morgan fingerprint density at radius 1 is 1.16 bits per heavy atom. The first-order chi connectivity index (χ1) is 14.8. The largest absolute Gasteiger partial charge is 0.480 e. The van der Waals surface area contributed by atoms with Crippen molar-refractivity contribution in [3.8, 4) is 0 Å². The SMILES string of the molecule is CSCC[C@H](NC(=O)[C@@H](/C=C/[C@@H](/C=C/[C@@H](N)CS)C(C)C)Cc1ccccc1)C(=O)O. The van der Waals surface area contributed by atoms with E-state index in [4.69, 9.17) is 5.73 Å². The maximum Gasteiger partial charge on any atom is 0.326 e. The minimum atomic E-state index is -1.01. The second kappa shape index (κ2) is 15.2. The van der Waals surface area contributed by atoms with Crippen LogP contribution in [0.15, 0.2) is 54.6 Å². The summed E-state index contributed by atoms with van der Waals surface area (Å²) in [7, 11) is 0. The Bertz CT molecular complexity index is 723. The molecule has 0 radical (unpaired) electrons. The molecule has 0 aliphatic carbocycles. The number of hydrogen-bond donors (Lipinski definition) is 4. The number of carbonyl (C=O) groups excluding carboxylic acids is 1. The fourth-order valence-corrected chi connectivity index (χ4v) is 3.58. The van der Waals surface area contributed by atoms with E-state index in [0.29, 0.717) is 30.3 Å². The standard InChI is InChI=1S/C24H36N2O3S2/c1-17(2)19(11-12-21(25)16-30)9-10-20(15-18-7-5-4-6-8-18)23(27)26-22(24(28)29)13-14-31-3/h4-12,17,19-22,30H,13-16,25H2,1-3H3,(H,26,27)(H,28,29)/b10-9+,12-11+/t19-,20-,21+,22-/m0/s1. The highest BCUT2D eigenvalue weighted by Crippen LogP contribution is 2.18. The predicted octanol–water partition coefficient (Wildman–Crippen LogP) is 3.81. The first-order valence-corrected chi connectivity index (χ1v) is 12.6. The van der Waals surface area contributed by atoms with E-state index in [9.17, 15) is 14.7 Å². The molecule has 1 aromatic carbocycles. The number of benzene rings is 1. The number of nitrogens with two attached hydrogens (primary N) is 1. The maximum atomic E-state index is 13.0. The molecule has 1 rings (SSSR count). The number of rotatable bonds is 14. The van der Waals surface area contributed by atoms with Crippen molar-refractivity contribution in [2.24, 2.45) is 23.5 Å². The number of nitrogens with one attached hydrogen (secondary N) is 1. The van der Waals surface area contributed by atoms with Crippen molar-refractivity contribution < 1.29 is 14.7 Å². The number of carboxylic acids is 1. The van der Waals surface area contributed by atoms with Gasteiger partial charge in [0.05, 0.1) is 5.92 Å². The molecule has 4 atom stereocenters. The molecule has 0 bridgehead atoms. The first-order valence-electron chi connectivity index (χ1n) is 10.6. The van der Waals surface area contributed by atoms with Crippen LogP contribution < -0.4 is 11.1 Å². The van der Waals surface area contributed by atoms with E-state index in [2.05, 4.69) is 37.9 Å². The monoisotopic (exact) mass is 464 g/mol. The number of hydrogen-bond acceptors (Lipinski definition) is 5. The van der Waals surface area contributed by atoms with Crippen LogP contribution in [0.4, 0.5) is 0 Å². The molecule has 0 spiro atoms. The van der Waals surface area contributed by atoms with Crippen molar-refractivity contribution in [2.45, 2.75) is 38.8 Å². The van der Waals surface area contributed by atoms with E-state index < -0.39 is 17.9 Å². The summed E-state index contributed by atoms with van der Waals surface area (Å²) in [6.45, 7) is 4.22. The first kappa shape index (κ1) is 27.3. The maximum absolute atomic E-state index is 13.0. The topological polar surface area (TPSA) is 92.4 Å². The lowest BCUT2D eigenvalue weighted by Crippen LogP contribution is -2.44. The number of carboxylic acid groups (broad SMARTS) is 1. The number of thiol groups is 1. The van der Waals surface area contributed by atoms with Crippen LogP contribution in [0.1, 0.15) is 25.8 Å². The van der Waals surface area contributed by atoms with Gasteiger partial charge in [-0.1, -0.05) is 68.5 Å². The Kier molecular flexibility index (Phi) is 13.4. The summed E-state index contributed by atoms with van der Waals surface area (Å²) in [5, 5.41) is 12.2. The molecule has 7 heteroatoms. The van der Waals surface area contributed by atoms with Gasteiger partial charge in [0.15, 0.2) is 0 Å². The van der Waals surface area contributed by atoms with Gasteiger partial charge in [0.1, 0.15) is 6.04 Å². The summed E-state index contributed by atoms with van der Waals surface area (Å²) in [4.78, 5) is 24.6. The van der Waals surface area contributed by atoms with E-state index in [-0.39, 0.29) is 17.9 Å². The Balaban J connectivity index is 3.06. The van der Waals surface area contributed by atoms with Gasteiger partial charge in [-0.25, -0.2) is 4.79 Å². The Hall–Kier alpha value is -1.70. The van der Waals surface area contributed by atoms with Gasteiger partial charge in [-0.2, -0.15) is 24.4 Å². The average Bonchev–Trinajstić information content (AvgIpc) is 2.75. The van der Waals surface area contributed by atoms with Crippen LogP contribution in [0.25, 0.3) is 0 Å². The lowest BCUT2D eigenvalue weighted by molar-refractivity contribution is -0.142. The summed E-state index contributed by atoms with van der Waals surface area (Å²) >= 11 is 5.77. The number of carbonyl (C=O) groups is 2. The molecule has 0 heterocycles. The summed E-state index contributed by atoms with van der Waals surface area (Å²) in [5.41, 5.74) is 6.97. The third kappa shape index (κ3) is 10.9. The molecule has 1 aromatic rings. The van der Waals surface area contributed by atoms with Crippen LogP contribution in [0.5, 0.6) is 0 Å². The highest BCUT2D eigenvalue weighted by molar-refractivity contribution is 7.98. The molecule has 0 unspecified atom stereocenters. The van der Waals surface area contributed by atoms with Gasteiger partial charge in [0, 0.05) is 11.8 Å². The van der Waals surface area contributed by atoms with E-state index >= 15 is 0 Å². The molecule has 4 N–H and O–H groups in total. The van der Waals surface area contributed by atoms with Gasteiger partial charge in [-0.05, 0) is 42.2 Å². The van der Waals surface area contributed by atoms with Gasteiger partial charge in [0.2, 0.25) is 5.91 Å². The summed E-state index contributed by atoms with van der Waals surface area (Å²) < 4.78 is 0. The minimum Gasteiger partial charge on any atom is -0.480 e. The average molecular weight is 465 g/mol. The summed E-state index contributed by atoms with van der Waals surface area (Å²) in [6, 6.07) is 8.75. The predicted molar refractivity (Wildman–Crippen MR) is 135 cm³/mol. The molecule has 0 saturated heterocycles. The van der Waals surface area contributed by atoms with Gasteiger partial charge < -0.3 is 16.2 Å². The number of allylic oxidation sites excluding steroid dienone is 2. The van der Waals surface area contributed by atoms with Gasteiger partial charge in [0.25, 0.3) is 0 Å². The lowest BCUT2D eigenvalue weighted by Gasteiger charge is -2.20. The quantitative estimate of drug-likeness (QED) is 0.248. The molecule has 0 aliphatic heterocycles. The molecule has 172 valence electrons. The fraction of sp³-hybridized carbons (Fsp3) is 0.500. The molecule has 0 fully saturated rings. The molecular formula is C24H36N2O3S2. The minimum absolute atomic E-state index is 0.115. The van der Waals surface area contributed by atoms with Crippen LogP contribution in [0.2, 0.25) is 0 Å². The van der Waals surface area contributed by atoms with Gasteiger partial charge >= 0.3 is 5.97 Å². The van der Waals surface area contributed by atoms with Crippen molar-refractivity contribution in [1.82, 2.24) is 5.32 Å². The van der Waals surface area contributed by atoms with Crippen molar-refractivity contribution in [3.63, 3.8) is 0 Å². The summed E-state index contributed by atoms with van der Waals surface area (Å²) in [5.74, 6) is -0.0664. The fourth-order valence-electron chi connectivity index (χ4n) is 2.99.